The summed E-state index contributed by atoms with van der Waals surface area (Å²) >= 11 is 1.56. The Morgan fingerprint density at radius 2 is 2.00 bits per heavy atom. The number of hydrogen-bond donors (Lipinski definition) is 1. The first kappa shape index (κ1) is 14.3. The van der Waals surface area contributed by atoms with Crippen LogP contribution in [-0.4, -0.2) is 29.1 Å². The predicted octanol–water partition coefficient (Wildman–Crippen LogP) is 3.07. The van der Waals surface area contributed by atoms with Gasteiger partial charge in [0.05, 0.1) is 5.25 Å². The first-order valence-electron chi connectivity index (χ1n) is 6.89. The number of piperidine rings is 1. The molecule has 1 saturated heterocycles. The van der Waals surface area contributed by atoms with Crippen molar-refractivity contribution in [1.82, 2.24) is 4.90 Å². The fraction of sp³-hybridized carbons (Fsp3) is 0.533. The Hall–Kier alpha value is -1.16. The summed E-state index contributed by atoms with van der Waals surface area (Å²) in [5.41, 5.74) is 7.92. The first-order chi connectivity index (χ1) is 9.08. The number of thioether (sulfide) groups is 1. The number of nitrogens with two attached hydrogens (primary N) is 1. The summed E-state index contributed by atoms with van der Waals surface area (Å²) in [5, 5.41) is -0.0666. The molecule has 1 aliphatic rings. The number of carbonyl (C=O) groups is 1. The van der Waals surface area contributed by atoms with E-state index in [1.54, 1.807) is 11.8 Å². The predicted molar refractivity (Wildman–Crippen MR) is 81.3 cm³/mol. The summed E-state index contributed by atoms with van der Waals surface area (Å²) < 4.78 is 0. The minimum absolute atomic E-state index is 0.0666. The molecule has 0 aliphatic carbocycles. The lowest BCUT2D eigenvalue weighted by Crippen LogP contribution is -2.40. The Bertz CT molecular complexity index is 455. The van der Waals surface area contributed by atoms with Crippen molar-refractivity contribution >= 4 is 23.4 Å². The van der Waals surface area contributed by atoms with Crippen molar-refractivity contribution in [2.24, 2.45) is 0 Å². The van der Waals surface area contributed by atoms with Crippen LogP contribution in [0.2, 0.25) is 0 Å². The number of benzene rings is 1. The molecule has 0 spiro atoms. The zero-order chi connectivity index (χ0) is 13.8. The van der Waals surface area contributed by atoms with Crippen LogP contribution in [0.1, 0.15) is 31.7 Å². The van der Waals surface area contributed by atoms with Crippen LogP contribution in [0, 0.1) is 6.92 Å². The number of aryl methyl sites for hydroxylation is 1. The lowest BCUT2D eigenvalue weighted by Gasteiger charge is -2.29. The first-order valence-corrected chi connectivity index (χ1v) is 7.77. The maximum absolute atomic E-state index is 12.3. The van der Waals surface area contributed by atoms with Crippen LogP contribution in [0.5, 0.6) is 0 Å². The number of amides is 1. The van der Waals surface area contributed by atoms with Gasteiger partial charge in [-0.05, 0) is 50.8 Å². The van der Waals surface area contributed by atoms with Gasteiger partial charge in [-0.1, -0.05) is 6.07 Å². The molecular weight excluding hydrogens is 256 g/mol. The Morgan fingerprint density at radius 1 is 1.32 bits per heavy atom. The molecule has 19 heavy (non-hydrogen) atoms. The number of nitrogens with zero attached hydrogens (tertiary/aromatic N) is 1. The van der Waals surface area contributed by atoms with Gasteiger partial charge in [0, 0.05) is 23.7 Å². The number of likely N-dealkylation sites (tertiary alicyclic amines) is 1. The molecule has 4 heteroatoms. The number of rotatable bonds is 3. The molecule has 1 fully saturated rings. The molecule has 1 atom stereocenters. The monoisotopic (exact) mass is 278 g/mol. The van der Waals surface area contributed by atoms with Crippen LogP contribution in [0.3, 0.4) is 0 Å². The fourth-order valence-corrected chi connectivity index (χ4v) is 3.36. The second-order valence-electron chi connectivity index (χ2n) is 5.19. The largest absolute Gasteiger partial charge is 0.398 e. The van der Waals surface area contributed by atoms with Crippen molar-refractivity contribution in [2.45, 2.75) is 43.3 Å². The van der Waals surface area contributed by atoms with Crippen LogP contribution >= 0.6 is 11.8 Å². The van der Waals surface area contributed by atoms with E-state index in [0.717, 1.165) is 42.1 Å². The number of hydrogen-bond acceptors (Lipinski definition) is 3. The Balaban J connectivity index is 1.99. The smallest absolute Gasteiger partial charge is 0.235 e. The molecule has 0 aromatic heterocycles. The molecule has 0 radical (unpaired) electrons. The molecule has 1 aromatic rings. The van der Waals surface area contributed by atoms with E-state index in [2.05, 4.69) is 0 Å². The Morgan fingerprint density at radius 3 is 2.63 bits per heavy atom. The number of anilines is 1. The van der Waals surface area contributed by atoms with E-state index < -0.39 is 0 Å². The average molecular weight is 278 g/mol. The fourth-order valence-electron chi connectivity index (χ4n) is 2.39. The lowest BCUT2D eigenvalue weighted by molar-refractivity contribution is -0.131. The highest BCUT2D eigenvalue weighted by atomic mass is 32.2. The highest BCUT2D eigenvalue weighted by Crippen LogP contribution is 2.30. The van der Waals surface area contributed by atoms with Crippen LogP contribution in [-0.2, 0) is 4.79 Å². The molecule has 1 aliphatic heterocycles. The molecule has 2 N–H and O–H groups in total. The van der Waals surface area contributed by atoms with E-state index in [9.17, 15) is 4.79 Å². The van der Waals surface area contributed by atoms with Gasteiger partial charge >= 0.3 is 0 Å². The van der Waals surface area contributed by atoms with Gasteiger partial charge in [0.25, 0.3) is 0 Å². The third-order valence-electron chi connectivity index (χ3n) is 3.48. The van der Waals surface area contributed by atoms with E-state index in [0.29, 0.717) is 0 Å². The number of nitrogen functional groups attached to an aromatic ring is 1. The lowest BCUT2D eigenvalue weighted by atomic mass is 10.1. The molecule has 3 nitrogen and oxygen atoms in total. The summed E-state index contributed by atoms with van der Waals surface area (Å²) in [6.07, 6.45) is 3.52. The van der Waals surface area contributed by atoms with Crippen molar-refractivity contribution in [3.05, 3.63) is 23.8 Å². The molecule has 104 valence electrons. The zero-order valence-corrected chi connectivity index (χ0v) is 12.5. The van der Waals surface area contributed by atoms with Gasteiger partial charge in [0.1, 0.15) is 0 Å². The summed E-state index contributed by atoms with van der Waals surface area (Å²) in [5.74, 6) is 0.240. The maximum Gasteiger partial charge on any atom is 0.235 e. The van der Waals surface area contributed by atoms with Crippen LogP contribution in [0.25, 0.3) is 0 Å². The molecule has 2 rings (SSSR count). The minimum atomic E-state index is -0.0666. The van der Waals surface area contributed by atoms with E-state index >= 15 is 0 Å². The SMILES string of the molecule is Cc1ccc(SC(C)C(=O)N2CCCCC2)c(N)c1. The van der Waals surface area contributed by atoms with E-state index in [1.807, 2.05) is 36.9 Å². The van der Waals surface area contributed by atoms with Crippen molar-refractivity contribution in [1.29, 1.82) is 0 Å². The van der Waals surface area contributed by atoms with Crippen molar-refractivity contribution in [3.8, 4) is 0 Å². The molecule has 0 bridgehead atoms. The molecular formula is C15H22N2OS. The molecule has 1 amide bonds. The standard InChI is InChI=1S/C15H22N2OS/c1-11-6-7-14(13(16)10-11)19-12(2)15(18)17-8-4-3-5-9-17/h6-7,10,12H,3-5,8-9,16H2,1-2H3. The second kappa shape index (κ2) is 6.33. The topological polar surface area (TPSA) is 46.3 Å². The van der Waals surface area contributed by atoms with E-state index in [1.165, 1.54) is 6.42 Å². The van der Waals surface area contributed by atoms with E-state index in [4.69, 9.17) is 5.73 Å². The molecule has 1 aromatic carbocycles. The Labute approximate surface area is 119 Å². The van der Waals surface area contributed by atoms with Crippen LogP contribution in [0.15, 0.2) is 23.1 Å². The maximum atomic E-state index is 12.3. The van der Waals surface area contributed by atoms with Crippen molar-refractivity contribution in [2.75, 3.05) is 18.8 Å². The highest BCUT2D eigenvalue weighted by Gasteiger charge is 2.23. The van der Waals surface area contributed by atoms with Gasteiger partial charge in [-0.3, -0.25) is 4.79 Å². The van der Waals surface area contributed by atoms with Gasteiger partial charge in [-0.15, -0.1) is 11.8 Å². The van der Waals surface area contributed by atoms with Gasteiger partial charge in [-0.25, -0.2) is 0 Å². The van der Waals surface area contributed by atoms with Gasteiger partial charge in [0.15, 0.2) is 0 Å². The molecule has 1 unspecified atom stereocenters. The summed E-state index contributed by atoms with van der Waals surface area (Å²) in [4.78, 5) is 15.3. The van der Waals surface area contributed by atoms with Gasteiger partial charge in [-0.2, -0.15) is 0 Å². The highest BCUT2D eigenvalue weighted by molar-refractivity contribution is 8.00. The van der Waals surface area contributed by atoms with Gasteiger partial charge < -0.3 is 10.6 Å². The van der Waals surface area contributed by atoms with Gasteiger partial charge in [0.2, 0.25) is 5.91 Å². The third kappa shape index (κ3) is 3.66. The summed E-state index contributed by atoms with van der Waals surface area (Å²) in [7, 11) is 0. The minimum Gasteiger partial charge on any atom is -0.398 e. The Kier molecular flexibility index (Phi) is 4.75. The van der Waals surface area contributed by atoms with Crippen molar-refractivity contribution in [3.63, 3.8) is 0 Å². The zero-order valence-electron chi connectivity index (χ0n) is 11.7. The van der Waals surface area contributed by atoms with Crippen molar-refractivity contribution < 1.29 is 4.79 Å². The average Bonchev–Trinajstić information content (AvgIpc) is 2.42. The summed E-state index contributed by atoms with van der Waals surface area (Å²) in [6, 6.07) is 6.01. The summed E-state index contributed by atoms with van der Waals surface area (Å²) in [6.45, 7) is 5.81. The van der Waals surface area contributed by atoms with Crippen LogP contribution < -0.4 is 5.73 Å². The normalized spacial score (nSPS) is 17.3. The third-order valence-corrected chi connectivity index (χ3v) is 4.67. The quantitative estimate of drug-likeness (QED) is 0.683. The van der Waals surface area contributed by atoms with Crippen LogP contribution in [0.4, 0.5) is 5.69 Å². The molecule has 0 saturated carbocycles. The second-order valence-corrected chi connectivity index (χ2v) is 6.57. The van der Waals surface area contributed by atoms with E-state index in [-0.39, 0.29) is 11.2 Å². The molecule has 1 heterocycles. The number of carbonyl (C=O) groups excluding carboxylic acids is 1.